The summed E-state index contributed by atoms with van der Waals surface area (Å²) in [4.78, 5) is 5.15. The molecule has 0 amide bonds. The molecule has 1 atom stereocenters. The Labute approximate surface area is 116 Å². The van der Waals surface area contributed by atoms with Gasteiger partial charge in [-0.1, -0.05) is 30.3 Å². The van der Waals surface area contributed by atoms with Crippen molar-refractivity contribution in [3.63, 3.8) is 0 Å². The Hall–Kier alpha value is -0.900. The van der Waals surface area contributed by atoms with Crippen molar-refractivity contribution < 1.29 is 4.74 Å². The van der Waals surface area contributed by atoms with Gasteiger partial charge >= 0.3 is 0 Å². The first-order valence-corrected chi connectivity index (χ1v) is 7.49. The normalized spacial score (nSPS) is 25.8. The molecule has 3 heteroatoms. The maximum Gasteiger partial charge on any atom is 0.0594 e. The van der Waals surface area contributed by atoms with Gasteiger partial charge in [0.2, 0.25) is 0 Å². The molecule has 0 radical (unpaired) electrons. The topological polar surface area (TPSA) is 15.7 Å². The second kappa shape index (κ2) is 6.51. The van der Waals surface area contributed by atoms with E-state index in [4.69, 9.17) is 4.74 Å². The van der Waals surface area contributed by atoms with Gasteiger partial charge in [0.1, 0.15) is 0 Å². The zero-order chi connectivity index (χ0) is 12.9. The fourth-order valence-corrected chi connectivity index (χ4v) is 3.14. The third-order valence-corrected chi connectivity index (χ3v) is 4.38. The largest absolute Gasteiger partial charge is 0.379 e. The first kappa shape index (κ1) is 13.1. The Morgan fingerprint density at radius 3 is 2.47 bits per heavy atom. The van der Waals surface area contributed by atoms with Crippen LogP contribution in [0.5, 0.6) is 0 Å². The average Bonchev–Trinajstić information content (AvgIpc) is 2.96. The maximum absolute atomic E-state index is 5.39. The molecule has 0 bridgehead atoms. The highest BCUT2D eigenvalue weighted by Gasteiger charge is 2.23. The van der Waals surface area contributed by atoms with E-state index in [-0.39, 0.29) is 0 Å². The second-order valence-electron chi connectivity index (χ2n) is 5.65. The highest BCUT2D eigenvalue weighted by molar-refractivity contribution is 5.20. The van der Waals surface area contributed by atoms with Crippen LogP contribution in [0.1, 0.15) is 17.9 Å². The minimum absolute atomic E-state index is 0.742. The number of rotatable bonds is 4. The summed E-state index contributed by atoms with van der Waals surface area (Å²) in [5.74, 6) is 0.742. The lowest BCUT2D eigenvalue weighted by atomic mass is 9.99. The molecule has 1 unspecified atom stereocenters. The van der Waals surface area contributed by atoms with Gasteiger partial charge in [-0.3, -0.25) is 4.90 Å². The van der Waals surface area contributed by atoms with Crippen molar-refractivity contribution in [2.75, 3.05) is 52.5 Å². The highest BCUT2D eigenvalue weighted by Crippen LogP contribution is 2.26. The second-order valence-corrected chi connectivity index (χ2v) is 5.65. The van der Waals surface area contributed by atoms with Crippen LogP contribution < -0.4 is 0 Å². The molecule has 0 N–H and O–H groups in total. The monoisotopic (exact) mass is 260 g/mol. The summed E-state index contributed by atoms with van der Waals surface area (Å²) in [5, 5.41) is 0. The van der Waals surface area contributed by atoms with E-state index in [0.29, 0.717) is 0 Å². The third kappa shape index (κ3) is 3.56. The molecule has 0 aromatic heterocycles. The number of nitrogens with zero attached hydrogens (tertiary/aromatic N) is 2. The number of hydrogen-bond donors (Lipinski definition) is 0. The van der Waals surface area contributed by atoms with Gasteiger partial charge in [0.05, 0.1) is 13.2 Å². The number of morpholine rings is 1. The fraction of sp³-hybridized carbons (Fsp3) is 0.625. The zero-order valence-corrected chi connectivity index (χ0v) is 11.6. The molecule has 2 aliphatic heterocycles. The van der Waals surface area contributed by atoms with Gasteiger partial charge in [-0.25, -0.2) is 0 Å². The van der Waals surface area contributed by atoms with Gasteiger partial charge in [0, 0.05) is 32.7 Å². The quantitative estimate of drug-likeness (QED) is 0.821. The molecule has 3 rings (SSSR count). The van der Waals surface area contributed by atoms with Crippen LogP contribution in [0.3, 0.4) is 0 Å². The molecule has 0 aliphatic carbocycles. The maximum atomic E-state index is 5.39. The van der Waals surface area contributed by atoms with Gasteiger partial charge in [-0.2, -0.15) is 0 Å². The van der Waals surface area contributed by atoms with Crippen LogP contribution in [0, 0.1) is 0 Å². The minimum Gasteiger partial charge on any atom is -0.379 e. The molecule has 2 saturated heterocycles. The fourth-order valence-electron chi connectivity index (χ4n) is 3.14. The first-order chi connectivity index (χ1) is 9.42. The van der Waals surface area contributed by atoms with Crippen LogP contribution >= 0.6 is 0 Å². The lowest BCUT2D eigenvalue weighted by molar-refractivity contribution is 0.0343. The third-order valence-electron chi connectivity index (χ3n) is 4.38. The van der Waals surface area contributed by atoms with Crippen molar-refractivity contribution in [1.82, 2.24) is 9.80 Å². The predicted octanol–water partition coefficient (Wildman–Crippen LogP) is 1.81. The predicted molar refractivity (Wildman–Crippen MR) is 77.5 cm³/mol. The summed E-state index contributed by atoms with van der Waals surface area (Å²) in [7, 11) is 0. The van der Waals surface area contributed by atoms with Gasteiger partial charge in [0.15, 0.2) is 0 Å². The van der Waals surface area contributed by atoms with E-state index in [1.54, 1.807) is 0 Å². The summed E-state index contributed by atoms with van der Waals surface area (Å²) in [5.41, 5.74) is 1.51. The lowest BCUT2D eigenvalue weighted by Gasteiger charge is -2.28. The molecule has 0 spiro atoms. The molecule has 2 fully saturated rings. The molecule has 3 nitrogen and oxygen atoms in total. The average molecular weight is 260 g/mol. The summed E-state index contributed by atoms with van der Waals surface area (Å²) in [6, 6.07) is 11.0. The smallest absolute Gasteiger partial charge is 0.0594 e. The number of ether oxygens (including phenoxy) is 1. The van der Waals surface area contributed by atoms with Crippen molar-refractivity contribution >= 4 is 0 Å². The molecule has 1 aromatic rings. The van der Waals surface area contributed by atoms with Crippen molar-refractivity contribution in [3.05, 3.63) is 35.9 Å². The van der Waals surface area contributed by atoms with Crippen molar-refractivity contribution in [2.24, 2.45) is 0 Å². The molecule has 0 saturated carbocycles. The summed E-state index contributed by atoms with van der Waals surface area (Å²) in [6.45, 7) is 8.93. The van der Waals surface area contributed by atoms with Crippen LogP contribution in [-0.4, -0.2) is 62.3 Å². The van der Waals surface area contributed by atoms with Crippen LogP contribution in [0.2, 0.25) is 0 Å². The van der Waals surface area contributed by atoms with E-state index in [9.17, 15) is 0 Å². The molecule has 104 valence electrons. The van der Waals surface area contributed by atoms with Gasteiger partial charge < -0.3 is 9.64 Å². The van der Waals surface area contributed by atoms with Crippen LogP contribution in [0.25, 0.3) is 0 Å². The number of hydrogen-bond acceptors (Lipinski definition) is 3. The molecular formula is C16H24N2O. The van der Waals surface area contributed by atoms with E-state index in [2.05, 4.69) is 40.1 Å². The Morgan fingerprint density at radius 1 is 0.947 bits per heavy atom. The Bertz CT molecular complexity index is 376. The van der Waals surface area contributed by atoms with E-state index >= 15 is 0 Å². The Kier molecular flexibility index (Phi) is 4.49. The number of benzene rings is 1. The van der Waals surface area contributed by atoms with E-state index in [0.717, 1.165) is 32.2 Å². The molecule has 19 heavy (non-hydrogen) atoms. The summed E-state index contributed by atoms with van der Waals surface area (Å²) < 4.78 is 5.39. The molecule has 1 aromatic carbocycles. The minimum atomic E-state index is 0.742. The Balaban J connectivity index is 1.44. The first-order valence-electron chi connectivity index (χ1n) is 7.49. The Morgan fingerprint density at radius 2 is 1.68 bits per heavy atom. The van der Waals surface area contributed by atoms with Crippen LogP contribution in [0.4, 0.5) is 0 Å². The van der Waals surface area contributed by atoms with Crippen LogP contribution in [-0.2, 0) is 4.74 Å². The van der Waals surface area contributed by atoms with E-state index < -0.39 is 0 Å². The molecule has 2 aliphatic rings. The van der Waals surface area contributed by atoms with Gasteiger partial charge in [-0.05, 0) is 24.4 Å². The standard InChI is InChI=1S/C16H24N2O/c1-2-4-15(5-3-1)16-6-7-18(14-16)9-8-17-10-12-19-13-11-17/h1-5,16H,6-14H2. The van der Waals surface area contributed by atoms with Crippen molar-refractivity contribution in [1.29, 1.82) is 0 Å². The van der Waals surface area contributed by atoms with Crippen molar-refractivity contribution in [2.45, 2.75) is 12.3 Å². The van der Waals surface area contributed by atoms with Crippen molar-refractivity contribution in [3.8, 4) is 0 Å². The van der Waals surface area contributed by atoms with Gasteiger partial charge in [0.25, 0.3) is 0 Å². The molecule has 2 heterocycles. The molecular weight excluding hydrogens is 236 g/mol. The summed E-state index contributed by atoms with van der Waals surface area (Å²) in [6.07, 6.45) is 1.31. The number of likely N-dealkylation sites (tertiary alicyclic amines) is 1. The van der Waals surface area contributed by atoms with Gasteiger partial charge in [-0.15, -0.1) is 0 Å². The van der Waals surface area contributed by atoms with Crippen LogP contribution in [0.15, 0.2) is 30.3 Å². The summed E-state index contributed by atoms with van der Waals surface area (Å²) >= 11 is 0. The highest BCUT2D eigenvalue weighted by atomic mass is 16.5. The lowest BCUT2D eigenvalue weighted by Crippen LogP contribution is -2.41. The zero-order valence-electron chi connectivity index (χ0n) is 11.6. The van der Waals surface area contributed by atoms with E-state index in [1.165, 1.54) is 38.2 Å². The van der Waals surface area contributed by atoms with E-state index in [1.807, 2.05) is 0 Å². The SMILES string of the molecule is c1ccc(C2CCN(CCN3CCOCC3)C2)cc1.